The summed E-state index contributed by atoms with van der Waals surface area (Å²) >= 11 is 0. The average molecular weight is 504 g/mol. The van der Waals surface area contributed by atoms with Gasteiger partial charge in [0.1, 0.15) is 16.4 Å². The molecule has 0 unspecified atom stereocenters. The summed E-state index contributed by atoms with van der Waals surface area (Å²) in [4.78, 5) is 19.6. The standard InChI is InChI=1S/C26H21N3O6S/c1-16-23(26(30)31)28-15-18(25(16)35-3)11-10-17-7-4-5-9-20(17)29-36(32,33)22-13-12-21(34-2)19-8-6-14-27-24(19)22/h4-9,12-15,29H,1-3H3,(H,30,31). The lowest BCUT2D eigenvalue weighted by Crippen LogP contribution is -2.14. The second-order valence-corrected chi connectivity index (χ2v) is 9.20. The van der Waals surface area contributed by atoms with E-state index in [4.69, 9.17) is 9.47 Å². The monoisotopic (exact) mass is 503 g/mol. The number of benzene rings is 2. The van der Waals surface area contributed by atoms with Gasteiger partial charge < -0.3 is 14.6 Å². The van der Waals surface area contributed by atoms with Gasteiger partial charge in [-0.1, -0.05) is 24.0 Å². The number of carboxylic acids is 1. The number of hydrogen-bond acceptors (Lipinski definition) is 7. The second-order valence-electron chi connectivity index (χ2n) is 7.55. The SMILES string of the molecule is COc1c(C#Cc2ccccc2NS(=O)(=O)c2ccc(OC)c3cccnc23)cnc(C(=O)O)c1C. The number of carbonyl (C=O) groups is 1. The number of aromatic carboxylic acids is 1. The Bertz CT molecular complexity index is 1660. The van der Waals surface area contributed by atoms with Crippen molar-refractivity contribution in [2.45, 2.75) is 11.8 Å². The number of nitrogens with zero attached hydrogens (tertiary/aromatic N) is 2. The minimum atomic E-state index is -4.04. The zero-order valence-corrected chi connectivity index (χ0v) is 20.4. The predicted molar refractivity (Wildman–Crippen MR) is 134 cm³/mol. The number of carboxylic acid groups (broad SMARTS) is 1. The number of aromatic nitrogens is 2. The Morgan fingerprint density at radius 3 is 2.44 bits per heavy atom. The lowest BCUT2D eigenvalue weighted by atomic mass is 10.1. The van der Waals surface area contributed by atoms with Crippen molar-refractivity contribution in [3.05, 3.63) is 83.3 Å². The van der Waals surface area contributed by atoms with Crippen molar-refractivity contribution in [1.29, 1.82) is 0 Å². The topological polar surface area (TPSA) is 128 Å². The molecule has 2 aromatic heterocycles. The molecule has 0 radical (unpaired) electrons. The highest BCUT2D eigenvalue weighted by atomic mass is 32.2. The summed E-state index contributed by atoms with van der Waals surface area (Å²) < 4.78 is 40.0. The van der Waals surface area contributed by atoms with Gasteiger partial charge in [-0.15, -0.1) is 0 Å². The maximum absolute atomic E-state index is 13.4. The molecular formula is C26H21N3O6S. The molecule has 0 fully saturated rings. The van der Waals surface area contributed by atoms with Crippen LogP contribution in [0, 0.1) is 18.8 Å². The number of rotatable bonds is 6. The number of sulfonamides is 1. The smallest absolute Gasteiger partial charge is 0.354 e. The average Bonchev–Trinajstić information content (AvgIpc) is 2.87. The van der Waals surface area contributed by atoms with E-state index in [2.05, 4.69) is 26.5 Å². The minimum Gasteiger partial charge on any atom is -0.496 e. The van der Waals surface area contributed by atoms with Crippen LogP contribution in [0.2, 0.25) is 0 Å². The molecule has 9 nitrogen and oxygen atoms in total. The predicted octanol–water partition coefficient (Wildman–Crippen LogP) is 3.85. The second kappa shape index (κ2) is 9.93. The van der Waals surface area contributed by atoms with Crippen LogP contribution in [0.1, 0.15) is 27.2 Å². The van der Waals surface area contributed by atoms with Crippen LogP contribution in [0.4, 0.5) is 5.69 Å². The molecule has 2 aromatic carbocycles. The number of methoxy groups -OCH3 is 2. The molecule has 0 saturated heterocycles. The fraction of sp³-hybridized carbons (Fsp3) is 0.115. The molecule has 0 aliphatic carbocycles. The van der Waals surface area contributed by atoms with Gasteiger partial charge in [0.25, 0.3) is 10.0 Å². The van der Waals surface area contributed by atoms with Crippen molar-refractivity contribution in [3.63, 3.8) is 0 Å². The molecule has 0 bridgehead atoms. The number of pyridine rings is 2. The third-order valence-electron chi connectivity index (χ3n) is 5.38. The van der Waals surface area contributed by atoms with E-state index in [1.165, 1.54) is 32.7 Å². The van der Waals surface area contributed by atoms with Crippen LogP contribution in [-0.4, -0.2) is 43.7 Å². The van der Waals surface area contributed by atoms with E-state index < -0.39 is 16.0 Å². The van der Waals surface area contributed by atoms with Crippen LogP contribution in [0.25, 0.3) is 10.9 Å². The van der Waals surface area contributed by atoms with Crippen LogP contribution in [0.3, 0.4) is 0 Å². The number of nitrogens with one attached hydrogen (secondary N) is 1. The van der Waals surface area contributed by atoms with Crippen LogP contribution in [0.5, 0.6) is 11.5 Å². The maximum Gasteiger partial charge on any atom is 0.354 e. The van der Waals surface area contributed by atoms with E-state index in [0.717, 1.165) is 0 Å². The molecule has 2 N–H and O–H groups in total. The highest BCUT2D eigenvalue weighted by Crippen LogP contribution is 2.31. The summed E-state index contributed by atoms with van der Waals surface area (Å²) in [5.74, 6) is 5.45. The molecule has 4 rings (SSSR count). The fourth-order valence-electron chi connectivity index (χ4n) is 3.69. The number of ether oxygens (including phenoxy) is 2. The Kier molecular flexibility index (Phi) is 6.76. The molecule has 10 heteroatoms. The van der Waals surface area contributed by atoms with Gasteiger partial charge in [-0.05, 0) is 43.3 Å². The van der Waals surface area contributed by atoms with E-state index in [0.29, 0.717) is 27.8 Å². The molecule has 2 heterocycles. The Hall–Kier alpha value is -4.62. The molecule has 0 spiro atoms. The Morgan fingerprint density at radius 2 is 1.72 bits per heavy atom. The molecule has 0 aliphatic rings. The van der Waals surface area contributed by atoms with Crippen LogP contribution >= 0.6 is 0 Å². The van der Waals surface area contributed by atoms with E-state index in [1.807, 2.05) is 0 Å². The first kappa shape index (κ1) is 24.5. The molecule has 0 saturated carbocycles. The Morgan fingerprint density at radius 1 is 0.972 bits per heavy atom. The number of anilines is 1. The first-order valence-electron chi connectivity index (χ1n) is 10.6. The zero-order chi connectivity index (χ0) is 25.9. The molecule has 4 aromatic rings. The molecule has 36 heavy (non-hydrogen) atoms. The van der Waals surface area contributed by atoms with E-state index in [1.54, 1.807) is 49.4 Å². The lowest BCUT2D eigenvalue weighted by molar-refractivity contribution is 0.0689. The van der Waals surface area contributed by atoms with E-state index in [9.17, 15) is 18.3 Å². The quantitative estimate of drug-likeness (QED) is 0.380. The van der Waals surface area contributed by atoms with Crippen LogP contribution in [-0.2, 0) is 10.0 Å². The van der Waals surface area contributed by atoms with Crippen molar-refractivity contribution in [2.24, 2.45) is 0 Å². The van der Waals surface area contributed by atoms with Crippen LogP contribution < -0.4 is 14.2 Å². The summed E-state index contributed by atoms with van der Waals surface area (Å²) in [6.45, 7) is 1.58. The Labute approximate surface area is 207 Å². The number of hydrogen-bond donors (Lipinski definition) is 2. The fourth-order valence-corrected chi connectivity index (χ4v) is 4.93. The van der Waals surface area contributed by atoms with E-state index >= 15 is 0 Å². The first-order chi connectivity index (χ1) is 17.3. The van der Waals surface area contributed by atoms with Gasteiger partial charge in [0.2, 0.25) is 0 Å². The molecule has 0 atom stereocenters. The largest absolute Gasteiger partial charge is 0.496 e. The third-order valence-corrected chi connectivity index (χ3v) is 6.77. The van der Waals surface area contributed by atoms with Crippen molar-refractivity contribution in [2.75, 3.05) is 18.9 Å². The normalized spacial score (nSPS) is 10.9. The summed E-state index contributed by atoms with van der Waals surface area (Å²) in [6, 6.07) is 13.1. The highest BCUT2D eigenvalue weighted by Gasteiger charge is 2.21. The molecule has 182 valence electrons. The first-order valence-corrected chi connectivity index (χ1v) is 12.1. The summed E-state index contributed by atoms with van der Waals surface area (Å²) in [5.41, 5.74) is 1.50. The Balaban J connectivity index is 1.74. The summed E-state index contributed by atoms with van der Waals surface area (Å²) in [6.07, 6.45) is 2.82. The number of fused-ring (bicyclic) bond motifs is 1. The van der Waals surface area contributed by atoms with Crippen molar-refractivity contribution >= 4 is 32.6 Å². The molecule has 0 aliphatic heterocycles. The van der Waals surface area contributed by atoms with Gasteiger partial charge in [0.15, 0.2) is 5.69 Å². The third kappa shape index (κ3) is 4.64. The van der Waals surface area contributed by atoms with Gasteiger partial charge in [-0.2, -0.15) is 0 Å². The van der Waals surface area contributed by atoms with Crippen LogP contribution in [0.15, 0.2) is 65.8 Å². The van der Waals surface area contributed by atoms with E-state index in [-0.39, 0.29) is 27.5 Å². The van der Waals surface area contributed by atoms with Gasteiger partial charge in [0.05, 0.1) is 31.0 Å². The zero-order valence-electron chi connectivity index (χ0n) is 19.6. The van der Waals surface area contributed by atoms with Gasteiger partial charge in [0, 0.05) is 28.9 Å². The summed E-state index contributed by atoms with van der Waals surface area (Å²) in [7, 11) is -1.13. The molecule has 0 amide bonds. The van der Waals surface area contributed by atoms with Crippen molar-refractivity contribution in [1.82, 2.24) is 9.97 Å². The van der Waals surface area contributed by atoms with Gasteiger partial charge >= 0.3 is 5.97 Å². The van der Waals surface area contributed by atoms with Crippen molar-refractivity contribution in [3.8, 4) is 23.3 Å². The van der Waals surface area contributed by atoms with Gasteiger partial charge in [-0.25, -0.2) is 18.2 Å². The lowest BCUT2D eigenvalue weighted by Gasteiger charge is -2.13. The molecular weight excluding hydrogens is 482 g/mol. The maximum atomic E-state index is 13.4. The highest BCUT2D eigenvalue weighted by molar-refractivity contribution is 7.93. The summed E-state index contributed by atoms with van der Waals surface area (Å²) in [5, 5.41) is 9.85. The van der Waals surface area contributed by atoms with Gasteiger partial charge in [-0.3, -0.25) is 9.71 Å². The minimum absolute atomic E-state index is 0.00702. The number of para-hydroxylation sites is 1. The van der Waals surface area contributed by atoms with Crippen molar-refractivity contribution < 1.29 is 27.8 Å².